The molecule has 0 aliphatic carbocycles. The van der Waals surface area contributed by atoms with E-state index < -0.39 is 16.8 Å². The number of carboxylic acids is 1. The lowest BCUT2D eigenvalue weighted by Crippen LogP contribution is -2.33. The highest BCUT2D eigenvalue weighted by atomic mass is 79.9. The molecule has 2 aromatic rings. The van der Waals surface area contributed by atoms with E-state index in [1.54, 1.807) is 0 Å². The van der Waals surface area contributed by atoms with Crippen LogP contribution in [-0.2, 0) is 27.2 Å². The summed E-state index contributed by atoms with van der Waals surface area (Å²) in [7, 11) is 1.34. The molecule has 3 N–H and O–H groups in total. The summed E-state index contributed by atoms with van der Waals surface area (Å²) >= 11 is 3.08. The van der Waals surface area contributed by atoms with Crippen LogP contribution < -0.4 is 5.73 Å². The Hall–Kier alpha value is -2.18. The zero-order chi connectivity index (χ0) is 18.7. The minimum absolute atomic E-state index is 0.371. The molecule has 134 valence electrons. The van der Waals surface area contributed by atoms with Crippen molar-refractivity contribution >= 4 is 27.9 Å². The van der Waals surface area contributed by atoms with Crippen LogP contribution in [0.1, 0.15) is 11.1 Å². The van der Waals surface area contributed by atoms with Crippen LogP contribution in [-0.4, -0.2) is 35.0 Å². The van der Waals surface area contributed by atoms with Crippen LogP contribution in [0.25, 0.3) is 0 Å². The van der Waals surface area contributed by atoms with E-state index in [1.807, 2.05) is 60.7 Å². The maximum Gasteiger partial charge on any atom is 0.322 e. The van der Waals surface area contributed by atoms with Crippen molar-refractivity contribution in [2.75, 3.05) is 7.11 Å². The van der Waals surface area contributed by atoms with Crippen LogP contribution in [0.3, 0.4) is 0 Å². The fourth-order valence-electron chi connectivity index (χ4n) is 2.01. The van der Waals surface area contributed by atoms with Gasteiger partial charge in [-0.2, -0.15) is 0 Å². The second-order valence-electron chi connectivity index (χ2n) is 5.31. The van der Waals surface area contributed by atoms with Crippen LogP contribution in [0.15, 0.2) is 60.7 Å². The second-order valence-corrected chi connectivity index (χ2v) is 6.42. The van der Waals surface area contributed by atoms with Gasteiger partial charge in [0.2, 0.25) is 0 Å². The van der Waals surface area contributed by atoms with Gasteiger partial charge in [0.25, 0.3) is 0 Å². The molecular formula is C19H22BrNO4. The van der Waals surface area contributed by atoms with Gasteiger partial charge in [0.1, 0.15) is 10.9 Å². The molecule has 0 aromatic heterocycles. The molecule has 0 amide bonds. The Labute approximate surface area is 155 Å². The molecule has 0 aliphatic heterocycles. The lowest BCUT2D eigenvalue weighted by atomic mass is 10.1. The van der Waals surface area contributed by atoms with Crippen molar-refractivity contribution in [1.82, 2.24) is 0 Å². The third kappa shape index (κ3) is 8.47. The Balaban J connectivity index is 0.000000251. The monoisotopic (exact) mass is 407 g/mol. The van der Waals surface area contributed by atoms with Gasteiger partial charge < -0.3 is 15.6 Å². The first-order valence-electron chi connectivity index (χ1n) is 7.72. The number of nitrogens with two attached hydrogens (primary N) is 1. The lowest BCUT2D eigenvalue weighted by molar-refractivity contribution is -0.142. The Kier molecular flexibility index (Phi) is 9.50. The first kappa shape index (κ1) is 20.9. The number of alkyl halides is 1. The fourth-order valence-corrected chi connectivity index (χ4v) is 2.38. The molecule has 0 heterocycles. The van der Waals surface area contributed by atoms with Crippen molar-refractivity contribution in [3.63, 3.8) is 0 Å². The molecule has 2 aromatic carbocycles. The molecule has 0 fully saturated rings. The maximum absolute atomic E-state index is 11.0. The van der Waals surface area contributed by atoms with Gasteiger partial charge in [-0.3, -0.25) is 9.59 Å². The number of methoxy groups -OCH3 is 1. The van der Waals surface area contributed by atoms with Crippen LogP contribution in [0.4, 0.5) is 0 Å². The van der Waals surface area contributed by atoms with Gasteiger partial charge in [-0.15, -0.1) is 0 Å². The van der Waals surface area contributed by atoms with Gasteiger partial charge in [-0.05, 0) is 24.0 Å². The van der Waals surface area contributed by atoms with Crippen LogP contribution >= 0.6 is 15.9 Å². The number of carboxylic acid groups (broad SMARTS) is 1. The number of hydrogen-bond acceptors (Lipinski definition) is 4. The molecule has 0 spiro atoms. The van der Waals surface area contributed by atoms with Crippen molar-refractivity contribution in [2.45, 2.75) is 23.7 Å². The summed E-state index contributed by atoms with van der Waals surface area (Å²) in [4.78, 5) is 20.9. The van der Waals surface area contributed by atoms with Gasteiger partial charge >= 0.3 is 11.9 Å². The Morgan fingerprint density at radius 1 is 1.00 bits per heavy atom. The molecule has 2 atom stereocenters. The van der Waals surface area contributed by atoms with Gasteiger partial charge in [0.15, 0.2) is 0 Å². The molecule has 0 saturated carbocycles. The molecule has 5 nitrogen and oxygen atoms in total. The number of rotatable bonds is 6. The standard InChI is InChI=1S/C10H13NO2.C9H9BrO2/c1-13-10(12)9(11)7-8-5-3-2-4-6-8;10-8(9(11)12)6-7-4-2-1-3-5-7/h2-6,9H,7,11H2,1H3;1-5,8H,6H2,(H,11,12)/t9-;8-/m01/s1. The van der Waals surface area contributed by atoms with E-state index in [0.717, 1.165) is 11.1 Å². The SMILES string of the molecule is COC(=O)[C@@H](N)Cc1ccccc1.O=C(O)[C@H](Br)Cc1ccccc1. The van der Waals surface area contributed by atoms with Gasteiger partial charge in [-0.25, -0.2) is 0 Å². The third-order valence-corrected chi connectivity index (χ3v) is 4.04. The molecule has 0 unspecified atom stereocenters. The average molecular weight is 408 g/mol. The third-order valence-electron chi connectivity index (χ3n) is 3.33. The van der Waals surface area contributed by atoms with E-state index >= 15 is 0 Å². The number of ether oxygens (including phenoxy) is 1. The number of aliphatic carboxylic acids is 1. The highest BCUT2D eigenvalue weighted by Crippen LogP contribution is 2.09. The van der Waals surface area contributed by atoms with E-state index in [-0.39, 0.29) is 5.97 Å². The predicted octanol–water partition coefficient (Wildman–Crippen LogP) is 2.81. The molecular weight excluding hydrogens is 386 g/mol. The molecule has 0 radical (unpaired) electrons. The molecule has 2 rings (SSSR count). The Morgan fingerprint density at radius 2 is 1.44 bits per heavy atom. The number of hydrogen-bond donors (Lipinski definition) is 2. The molecule has 0 saturated heterocycles. The largest absolute Gasteiger partial charge is 0.480 e. The molecule has 6 heteroatoms. The topological polar surface area (TPSA) is 89.6 Å². The maximum atomic E-state index is 11.0. The highest BCUT2D eigenvalue weighted by molar-refractivity contribution is 9.10. The summed E-state index contributed by atoms with van der Waals surface area (Å²) in [6.45, 7) is 0. The zero-order valence-electron chi connectivity index (χ0n) is 14.0. The van der Waals surface area contributed by atoms with Crippen molar-refractivity contribution in [3.8, 4) is 0 Å². The van der Waals surface area contributed by atoms with Gasteiger partial charge in [0, 0.05) is 0 Å². The number of carbonyl (C=O) groups is 2. The van der Waals surface area contributed by atoms with E-state index in [0.29, 0.717) is 12.8 Å². The zero-order valence-corrected chi connectivity index (χ0v) is 15.6. The number of carbonyl (C=O) groups excluding carboxylic acids is 1. The van der Waals surface area contributed by atoms with Crippen LogP contribution in [0, 0.1) is 0 Å². The van der Waals surface area contributed by atoms with E-state index in [1.165, 1.54) is 7.11 Å². The van der Waals surface area contributed by atoms with Crippen molar-refractivity contribution in [2.24, 2.45) is 5.73 Å². The smallest absolute Gasteiger partial charge is 0.322 e. The van der Waals surface area contributed by atoms with E-state index in [9.17, 15) is 9.59 Å². The molecule has 0 aliphatic rings. The Morgan fingerprint density at radius 3 is 1.84 bits per heavy atom. The van der Waals surface area contributed by atoms with Gasteiger partial charge in [0.05, 0.1) is 7.11 Å². The van der Waals surface area contributed by atoms with E-state index in [2.05, 4.69) is 20.7 Å². The average Bonchev–Trinajstić information content (AvgIpc) is 2.63. The summed E-state index contributed by atoms with van der Waals surface area (Å²) in [5.74, 6) is -1.19. The summed E-state index contributed by atoms with van der Waals surface area (Å²) in [5.41, 5.74) is 7.66. The number of esters is 1. The van der Waals surface area contributed by atoms with Crippen molar-refractivity contribution in [1.29, 1.82) is 0 Å². The van der Waals surface area contributed by atoms with Crippen molar-refractivity contribution in [3.05, 3.63) is 71.8 Å². The predicted molar refractivity (Wildman–Crippen MR) is 101 cm³/mol. The van der Waals surface area contributed by atoms with E-state index in [4.69, 9.17) is 10.8 Å². The fraction of sp³-hybridized carbons (Fsp3) is 0.263. The Bertz CT molecular complexity index is 649. The normalized spacial score (nSPS) is 12.3. The quantitative estimate of drug-likeness (QED) is 0.567. The summed E-state index contributed by atoms with van der Waals surface area (Å²) in [5, 5.41) is 8.60. The first-order valence-corrected chi connectivity index (χ1v) is 8.63. The minimum atomic E-state index is -0.821. The summed E-state index contributed by atoms with van der Waals surface area (Å²) in [6, 6.07) is 18.6. The highest BCUT2D eigenvalue weighted by Gasteiger charge is 2.13. The van der Waals surface area contributed by atoms with Crippen LogP contribution in [0.5, 0.6) is 0 Å². The second kappa shape index (κ2) is 11.4. The van der Waals surface area contributed by atoms with Crippen LogP contribution in [0.2, 0.25) is 0 Å². The van der Waals surface area contributed by atoms with Crippen molar-refractivity contribution < 1.29 is 19.4 Å². The molecule has 0 bridgehead atoms. The molecule has 25 heavy (non-hydrogen) atoms. The first-order chi connectivity index (χ1) is 11.9. The minimum Gasteiger partial charge on any atom is -0.480 e. The summed E-state index contributed by atoms with van der Waals surface area (Å²) < 4.78 is 4.52. The number of halogens is 1. The lowest BCUT2D eigenvalue weighted by Gasteiger charge is -2.08. The summed E-state index contributed by atoms with van der Waals surface area (Å²) in [6.07, 6.45) is 1.05. The number of benzene rings is 2. The van der Waals surface area contributed by atoms with Gasteiger partial charge in [-0.1, -0.05) is 76.6 Å².